The number of hydrogen-bond donors (Lipinski definition) is 0. The van der Waals surface area contributed by atoms with Gasteiger partial charge in [0.2, 0.25) is 11.8 Å². The second kappa shape index (κ2) is 9.01. The summed E-state index contributed by atoms with van der Waals surface area (Å²) < 4.78 is 11.3. The first kappa shape index (κ1) is 21.2. The van der Waals surface area contributed by atoms with E-state index in [1.165, 1.54) is 18.1 Å². The molecule has 1 aliphatic rings. The Hall–Kier alpha value is -4.00. The summed E-state index contributed by atoms with van der Waals surface area (Å²) in [4.78, 5) is 25.2. The largest absolute Gasteiger partial charge is 0.481 e. The molecule has 0 bridgehead atoms. The molecule has 0 spiro atoms. The van der Waals surface area contributed by atoms with Crippen LogP contribution in [0.3, 0.4) is 0 Å². The molecule has 4 rings (SSSR count). The molecular formula is C22H23N7O3. The molecule has 0 unspecified atom stereocenters. The number of nitriles is 1. The molecule has 164 valence electrons. The SMILES string of the molecule is COc1cc(-n2nccn2)c(C(=O)N2C[C@H](Oc3nccc(C#N)c3C)CC[C@H]2C)cn1. The van der Waals surface area contributed by atoms with Crippen LogP contribution >= 0.6 is 0 Å². The Balaban J connectivity index is 1.60. The quantitative estimate of drug-likeness (QED) is 0.601. The van der Waals surface area contributed by atoms with Gasteiger partial charge < -0.3 is 14.4 Å². The molecule has 10 nitrogen and oxygen atoms in total. The van der Waals surface area contributed by atoms with Crippen LogP contribution in [0.25, 0.3) is 5.69 Å². The minimum absolute atomic E-state index is 0.0161. The van der Waals surface area contributed by atoms with Gasteiger partial charge >= 0.3 is 0 Å². The molecule has 4 heterocycles. The Morgan fingerprint density at radius 1 is 1.22 bits per heavy atom. The molecule has 1 amide bonds. The number of piperidine rings is 1. The lowest BCUT2D eigenvalue weighted by molar-refractivity contribution is 0.0370. The highest BCUT2D eigenvalue weighted by molar-refractivity contribution is 5.97. The molecular weight excluding hydrogens is 410 g/mol. The number of pyridine rings is 2. The van der Waals surface area contributed by atoms with Crippen LogP contribution in [0.1, 0.15) is 41.3 Å². The van der Waals surface area contributed by atoms with Gasteiger partial charge in [0.05, 0.1) is 43.2 Å². The molecule has 0 aromatic carbocycles. The zero-order chi connectivity index (χ0) is 22.7. The van der Waals surface area contributed by atoms with Crippen molar-refractivity contribution < 1.29 is 14.3 Å². The Morgan fingerprint density at radius 2 is 2.00 bits per heavy atom. The number of ether oxygens (including phenoxy) is 2. The van der Waals surface area contributed by atoms with Crippen LogP contribution in [0.2, 0.25) is 0 Å². The summed E-state index contributed by atoms with van der Waals surface area (Å²) in [5.74, 6) is 0.591. The average Bonchev–Trinajstić information content (AvgIpc) is 3.35. The van der Waals surface area contributed by atoms with E-state index < -0.39 is 0 Å². The molecule has 0 N–H and O–H groups in total. The van der Waals surface area contributed by atoms with Crippen molar-refractivity contribution in [2.75, 3.05) is 13.7 Å². The molecule has 0 saturated carbocycles. The Morgan fingerprint density at radius 3 is 2.72 bits per heavy atom. The van der Waals surface area contributed by atoms with Crippen LogP contribution in [0.4, 0.5) is 0 Å². The normalized spacial score (nSPS) is 18.1. The maximum absolute atomic E-state index is 13.6. The number of carbonyl (C=O) groups excluding carboxylic acids is 1. The van der Waals surface area contributed by atoms with Crippen molar-refractivity contribution >= 4 is 5.91 Å². The molecule has 10 heteroatoms. The second-order valence-corrected chi connectivity index (χ2v) is 7.59. The summed E-state index contributed by atoms with van der Waals surface area (Å²) in [6.07, 6.45) is 7.43. The number of rotatable bonds is 5. The molecule has 0 radical (unpaired) electrons. The first-order valence-electron chi connectivity index (χ1n) is 10.3. The van der Waals surface area contributed by atoms with Gasteiger partial charge in [0.1, 0.15) is 11.8 Å². The van der Waals surface area contributed by atoms with Crippen molar-refractivity contribution in [3.63, 3.8) is 0 Å². The summed E-state index contributed by atoms with van der Waals surface area (Å²) in [6, 6.07) is 5.45. The summed E-state index contributed by atoms with van der Waals surface area (Å²) in [5.41, 5.74) is 2.07. The van der Waals surface area contributed by atoms with E-state index in [4.69, 9.17) is 9.47 Å². The smallest absolute Gasteiger partial charge is 0.258 e. The van der Waals surface area contributed by atoms with E-state index in [1.807, 2.05) is 13.8 Å². The molecule has 1 saturated heterocycles. The van der Waals surface area contributed by atoms with Gasteiger partial charge in [0.15, 0.2) is 0 Å². The molecule has 3 aromatic rings. The maximum Gasteiger partial charge on any atom is 0.258 e. The van der Waals surface area contributed by atoms with E-state index in [1.54, 1.807) is 35.6 Å². The molecule has 2 atom stereocenters. The van der Waals surface area contributed by atoms with Crippen molar-refractivity contribution in [1.82, 2.24) is 29.9 Å². The van der Waals surface area contributed by atoms with Gasteiger partial charge in [-0.3, -0.25) is 4.79 Å². The third-order valence-electron chi connectivity index (χ3n) is 5.59. The predicted molar refractivity (Wildman–Crippen MR) is 114 cm³/mol. The predicted octanol–water partition coefficient (Wildman–Crippen LogP) is 2.32. The fourth-order valence-electron chi connectivity index (χ4n) is 3.73. The number of aromatic nitrogens is 5. The second-order valence-electron chi connectivity index (χ2n) is 7.59. The monoisotopic (exact) mass is 433 g/mol. The zero-order valence-electron chi connectivity index (χ0n) is 18.1. The van der Waals surface area contributed by atoms with Crippen LogP contribution in [-0.2, 0) is 0 Å². The number of amides is 1. The van der Waals surface area contributed by atoms with Crippen LogP contribution in [-0.4, -0.2) is 61.6 Å². The average molecular weight is 433 g/mol. The number of nitrogens with zero attached hydrogens (tertiary/aromatic N) is 7. The number of hydrogen-bond acceptors (Lipinski definition) is 8. The summed E-state index contributed by atoms with van der Waals surface area (Å²) in [5, 5.41) is 17.6. The maximum atomic E-state index is 13.6. The fourth-order valence-corrected chi connectivity index (χ4v) is 3.73. The Kier molecular flexibility index (Phi) is 5.98. The van der Waals surface area contributed by atoms with Crippen LogP contribution in [0.5, 0.6) is 11.8 Å². The third-order valence-corrected chi connectivity index (χ3v) is 5.59. The number of methoxy groups -OCH3 is 1. The highest BCUT2D eigenvalue weighted by Crippen LogP contribution is 2.27. The van der Waals surface area contributed by atoms with Crippen molar-refractivity contribution in [1.29, 1.82) is 5.26 Å². The number of carbonyl (C=O) groups is 1. The van der Waals surface area contributed by atoms with E-state index in [9.17, 15) is 10.1 Å². The lowest BCUT2D eigenvalue weighted by atomic mass is 10.00. The van der Waals surface area contributed by atoms with Gasteiger partial charge in [-0.1, -0.05) is 0 Å². The molecule has 1 aliphatic heterocycles. The first-order valence-corrected chi connectivity index (χ1v) is 10.3. The van der Waals surface area contributed by atoms with Crippen molar-refractivity contribution in [3.8, 4) is 23.5 Å². The van der Waals surface area contributed by atoms with Gasteiger partial charge in [0.25, 0.3) is 5.91 Å². The van der Waals surface area contributed by atoms with Crippen molar-refractivity contribution in [2.45, 2.75) is 38.8 Å². The van der Waals surface area contributed by atoms with Crippen LogP contribution in [0, 0.1) is 18.3 Å². The Bertz CT molecular complexity index is 1160. The van der Waals surface area contributed by atoms with Crippen LogP contribution in [0.15, 0.2) is 36.9 Å². The van der Waals surface area contributed by atoms with Gasteiger partial charge in [-0.25, -0.2) is 9.97 Å². The molecule has 32 heavy (non-hydrogen) atoms. The van der Waals surface area contributed by atoms with E-state index >= 15 is 0 Å². The lowest BCUT2D eigenvalue weighted by Crippen LogP contribution is -2.49. The molecule has 0 aliphatic carbocycles. The van der Waals surface area contributed by atoms with Gasteiger partial charge in [-0.2, -0.15) is 20.3 Å². The van der Waals surface area contributed by atoms with E-state index in [0.29, 0.717) is 40.7 Å². The Labute approximate surface area is 185 Å². The highest BCUT2D eigenvalue weighted by atomic mass is 16.5. The molecule has 1 fully saturated rings. The van der Waals surface area contributed by atoms with Crippen LogP contribution < -0.4 is 9.47 Å². The third kappa shape index (κ3) is 4.09. The first-order chi connectivity index (χ1) is 15.5. The fraction of sp³-hybridized carbons (Fsp3) is 0.364. The summed E-state index contributed by atoms with van der Waals surface area (Å²) in [6.45, 7) is 4.20. The topological polar surface area (TPSA) is 119 Å². The minimum atomic E-state index is -0.243. The number of likely N-dealkylation sites (tertiary alicyclic amines) is 1. The molecule has 3 aromatic heterocycles. The van der Waals surface area contributed by atoms with E-state index in [2.05, 4.69) is 26.2 Å². The van der Waals surface area contributed by atoms with Gasteiger partial charge in [-0.05, 0) is 32.8 Å². The van der Waals surface area contributed by atoms with E-state index in [0.717, 1.165) is 12.8 Å². The minimum Gasteiger partial charge on any atom is -0.481 e. The van der Waals surface area contributed by atoms with Gasteiger partial charge in [-0.15, -0.1) is 0 Å². The standard InChI is InChI=1S/C22H23N7O3/c1-14-4-5-17(32-21-15(2)16(11-23)6-7-24-21)13-28(14)22(30)18-12-25-20(31-3)10-19(18)29-26-8-9-27-29/h6-10,12,14,17H,4-5,13H2,1-3H3/t14-,17-/m1/s1. The summed E-state index contributed by atoms with van der Waals surface area (Å²) >= 11 is 0. The zero-order valence-corrected chi connectivity index (χ0v) is 18.1. The van der Waals surface area contributed by atoms with E-state index in [-0.39, 0.29) is 18.1 Å². The highest BCUT2D eigenvalue weighted by Gasteiger charge is 2.33. The lowest BCUT2D eigenvalue weighted by Gasteiger charge is -2.38. The summed E-state index contributed by atoms with van der Waals surface area (Å²) in [7, 11) is 1.51. The van der Waals surface area contributed by atoms with Crippen molar-refractivity contribution in [2.24, 2.45) is 0 Å². The van der Waals surface area contributed by atoms with Crippen molar-refractivity contribution in [3.05, 3.63) is 53.6 Å². The van der Waals surface area contributed by atoms with Gasteiger partial charge in [0, 0.05) is 30.1 Å².